The van der Waals surface area contributed by atoms with Gasteiger partial charge in [0.25, 0.3) is 15.9 Å². The molecule has 9 heteroatoms. The van der Waals surface area contributed by atoms with Crippen molar-refractivity contribution in [3.8, 4) is 11.3 Å². The van der Waals surface area contributed by atoms with Gasteiger partial charge in [-0.05, 0) is 120 Å². The van der Waals surface area contributed by atoms with E-state index in [2.05, 4.69) is 23.6 Å². The first-order chi connectivity index (χ1) is 20.7. The first kappa shape index (κ1) is 32.1. The fraction of sp³-hybridized carbons (Fsp3) is 0.514. The highest BCUT2D eigenvalue weighted by Crippen LogP contribution is 2.37. The topological polar surface area (TPSA) is 112 Å². The van der Waals surface area contributed by atoms with Gasteiger partial charge in [-0.3, -0.25) is 4.79 Å². The second-order valence-corrected chi connectivity index (χ2v) is 15.3. The van der Waals surface area contributed by atoms with E-state index in [-0.39, 0.29) is 34.8 Å². The lowest BCUT2D eigenvalue weighted by Gasteiger charge is -2.44. The van der Waals surface area contributed by atoms with Gasteiger partial charge in [0, 0.05) is 28.9 Å². The number of aromatic nitrogens is 2. The fourth-order valence-electron chi connectivity index (χ4n) is 7.06. The van der Waals surface area contributed by atoms with E-state index in [0.717, 1.165) is 54.5 Å². The Bertz CT molecular complexity index is 1600. The summed E-state index contributed by atoms with van der Waals surface area (Å²) in [6.45, 7) is 12.1. The number of carbonyl (C=O) groups is 1. The molecule has 44 heavy (non-hydrogen) atoms. The van der Waals surface area contributed by atoms with Crippen molar-refractivity contribution >= 4 is 21.9 Å². The number of anilines is 1. The normalized spacial score (nSPS) is 22.5. The lowest BCUT2D eigenvalue weighted by atomic mass is 9.76. The van der Waals surface area contributed by atoms with Gasteiger partial charge in [0.2, 0.25) is 5.95 Å². The number of carbonyl (C=O) groups excluding carboxylic acids is 1. The van der Waals surface area contributed by atoms with Gasteiger partial charge in [0.15, 0.2) is 0 Å². The summed E-state index contributed by atoms with van der Waals surface area (Å²) >= 11 is 0. The number of benzene rings is 2. The van der Waals surface area contributed by atoms with Gasteiger partial charge < -0.3 is 10.0 Å². The zero-order chi connectivity index (χ0) is 31.8. The maximum atomic E-state index is 14.4. The smallest absolute Gasteiger partial charge is 0.264 e. The Morgan fingerprint density at radius 3 is 2.27 bits per heavy atom. The van der Waals surface area contributed by atoms with Gasteiger partial charge in [-0.2, -0.15) is 0 Å². The Morgan fingerprint density at radius 1 is 0.977 bits per heavy atom. The standard InChI is InChI=1S/C35H46N4O4S/c1-22(2)19-29-18-15-27-21-31(32-23(3)9-7-10-24(32)4)37-34(36-27)38-44(42,43)30-12-8-11-25(20-30)33(40)39(29)28-16-13-26(14-17-28)35(5,6)41/h7-12,20-22,26,28-29,41H,13-19H2,1-6H3,(H,36,37,38)/t26?,28?,29-/m0/s1. The third kappa shape index (κ3) is 6.99. The Kier molecular flexibility index (Phi) is 9.19. The first-order valence-corrected chi connectivity index (χ1v) is 17.3. The maximum absolute atomic E-state index is 14.4. The van der Waals surface area contributed by atoms with Crippen molar-refractivity contribution in [3.63, 3.8) is 0 Å². The fourth-order valence-corrected chi connectivity index (χ4v) is 8.05. The molecule has 1 aliphatic heterocycles. The van der Waals surface area contributed by atoms with Gasteiger partial charge in [-0.1, -0.05) is 38.1 Å². The van der Waals surface area contributed by atoms with Gasteiger partial charge >= 0.3 is 0 Å². The van der Waals surface area contributed by atoms with E-state index in [9.17, 15) is 18.3 Å². The zero-order valence-corrected chi connectivity index (χ0v) is 27.6. The number of fused-ring (bicyclic) bond motifs is 4. The van der Waals surface area contributed by atoms with Crippen LogP contribution in [0.15, 0.2) is 53.4 Å². The number of rotatable bonds is 5. The van der Waals surface area contributed by atoms with Crippen molar-refractivity contribution in [2.24, 2.45) is 11.8 Å². The third-order valence-electron chi connectivity index (χ3n) is 9.33. The predicted molar refractivity (Wildman–Crippen MR) is 174 cm³/mol. The summed E-state index contributed by atoms with van der Waals surface area (Å²) in [6.07, 6.45) is 5.32. The van der Waals surface area contributed by atoms with Gasteiger partial charge in [0.1, 0.15) is 0 Å². The molecule has 4 bridgehead atoms. The molecule has 0 unspecified atom stereocenters. The highest BCUT2D eigenvalue weighted by molar-refractivity contribution is 7.92. The van der Waals surface area contributed by atoms with Crippen molar-refractivity contribution < 1.29 is 18.3 Å². The Morgan fingerprint density at radius 2 is 1.64 bits per heavy atom. The van der Waals surface area contributed by atoms with Crippen molar-refractivity contribution in [1.29, 1.82) is 0 Å². The maximum Gasteiger partial charge on any atom is 0.264 e. The van der Waals surface area contributed by atoms with E-state index in [1.54, 1.807) is 12.1 Å². The van der Waals surface area contributed by atoms with Crippen LogP contribution in [-0.2, 0) is 16.4 Å². The summed E-state index contributed by atoms with van der Waals surface area (Å²) in [7, 11) is -4.07. The summed E-state index contributed by atoms with van der Waals surface area (Å²) in [4.78, 5) is 25.8. The average molecular weight is 619 g/mol. The molecule has 2 N–H and O–H groups in total. The average Bonchev–Trinajstić information content (AvgIpc) is 2.95. The van der Waals surface area contributed by atoms with Crippen molar-refractivity contribution in [2.45, 2.75) is 109 Å². The molecule has 1 aromatic heterocycles. The van der Waals surface area contributed by atoms with Crippen molar-refractivity contribution in [2.75, 3.05) is 4.72 Å². The van der Waals surface area contributed by atoms with Gasteiger partial charge in [0.05, 0.1) is 16.2 Å². The van der Waals surface area contributed by atoms with Crippen LogP contribution >= 0.6 is 0 Å². The van der Waals surface area contributed by atoms with Crippen molar-refractivity contribution in [1.82, 2.24) is 14.9 Å². The molecule has 0 radical (unpaired) electrons. The number of aliphatic hydroxyl groups is 1. The molecule has 236 valence electrons. The molecule has 1 atom stereocenters. The van der Waals surface area contributed by atoms with Crippen LogP contribution in [0.25, 0.3) is 11.3 Å². The largest absolute Gasteiger partial charge is 0.390 e. The summed E-state index contributed by atoms with van der Waals surface area (Å²) in [5.74, 6) is 0.403. The number of sulfonamides is 1. The Labute approximate surface area is 262 Å². The lowest BCUT2D eigenvalue weighted by molar-refractivity contribution is -0.0154. The molecule has 2 aliphatic rings. The minimum absolute atomic E-state index is 0.000458. The molecule has 5 rings (SSSR count). The van der Waals surface area contributed by atoms with Crippen LogP contribution < -0.4 is 4.72 Å². The van der Waals surface area contributed by atoms with E-state index in [4.69, 9.17) is 4.98 Å². The molecule has 3 aromatic rings. The second-order valence-electron chi connectivity index (χ2n) is 13.7. The zero-order valence-electron chi connectivity index (χ0n) is 26.8. The van der Waals surface area contributed by atoms with E-state index in [1.165, 1.54) is 12.1 Å². The van der Waals surface area contributed by atoms with Gasteiger partial charge in [-0.15, -0.1) is 0 Å². The number of amides is 1. The van der Waals surface area contributed by atoms with Crippen LogP contribution in [-0.4, -0.2) is 52.0 Å². The molecule has 0 spiro atoms. The minimum Gasteiger partial charge on any atom is -0.390 e. The monoisotopic (exact) mass is 618 g/mol. The number of hydrogen-bond donors (Lipinski definition) is 2. The van der Waals surface area contributed by atoms with Crippen LogP contribution in [0.2, 0.25) is 0 Å². The molecule has 1 aliphatic carbocycles. The van der Waals surface area contributed by atoms with E-state index in [1.807, 2.05) is 56.9 Å². The Balaban J connectivity index is 1.62. The summed E-state index contributed by atoms with van der Waals surface area (Å²) < 4.78 is 29.9. The second kappa shape index (κ2) is 12.6. The van der Waals surface area contributed by atoms with Crippen molar-refractivity contribution in [3.05, 3.63) is 70.9 Å². The molecular weight excluding hydrogens is 572 g/mol. The summed E-state index contributed by atoms with van der Waals surface area (Å²) in [5.41, 5.74) is 4.05. The molecule has 8 nitrogen and oxygen atoms in total. The molecule has 1 saturated carbocycles. The summed E-state index contributed by atoms with van der Waals surface area (Å²) in [6, 6.07) is 14.2. The van der Waals surface area contributed by atoms with Gasteiger partial charge in [-0.25, -0.2) is 23.1 Å². The third-order valence-corrected chi connectivity index (χ3v) is 10.7. The quantitative estimate of drug-likeness (QED) is 0.329. The number of aryl methyl sites for hydroxylation is 3. The number of hydrogen-bond acceptors (Lipinski definition) is 6. The molecule has 1 amide bonds. The van der Waals surface area contributed by atoms with Crippen LogP contribution in [0.3, 0.4) is 0 Å². The number of nitrogens with zero attached hydrogens (tertiary/aromatic N) is 3. The molecule has 0 saturated heterocycles. The van der Waals surface area contributed by atoms with Crippen LogP contribution in [0, 0.1) is 25.7 Å². The molecule has 1 fully saturated rings. The predicted octanol–water partition coefficient (Wildman–Crippen LogP) is 6.69. The molecular formula is C35H46N4O4S. The SMILES string of the molecule is Cc1cccc(C)c1-c1cc2nc(n1)NS(=O)(=O)c1cccc(c1)C(=O)N(C1CCC(C(C)(C)O)CC1)[C@H](CC(C)C)CC2. The summed E-state index contributed by atoms with van der Waals surface area (Å²) in [5, 5.41) is 10.7. The van der Waals surface area contributed by atoms with Crippen LogP contribution in [0.1, 0.15) is 93.4 Å². The lowest BCUT2D eigenvalue weighted by Crippen LogP contribution is -2.50. The van der Waals surface area contributed by atoms with Crippen LogP contribution in [0.5, 0.6) is 0 Å². The highest BCUT2D eigenvalue weighted by Gasteiger charge is 2.38. The Hall–Kier alpha value is -3.30. The number of nitrogens with one attached hydrogen (secondary N) is 1. The molecule has 2 heterocycles. The first-order valence-electron chi connectivity index (χ1n) is 15.9. The highest BCUT2D eigenvalue weighted by atomic mass is 32.2. The minimum atomic E-state index is -4.07. The van der Waals surface area contributed by atoms with E-state index in [0.29, 0.717) is 30.0 Å². The van der Waals surface area contributed by atoms with E-state index < -0.39 is 15.6 Å². The van der Waals surface area contributed by atoms with Crippen LogP contribution in [0.4, 0.5) is 5.95 Å². The van der Waals surface area contributed by atoms with E-state index >= 15 is 0 Å². The molecule has 2 aromatic carbocycles.